The van der Waals surface area contributed by atoms with Crippen LogP contribution in [0.1, 0.15) is 11.7 Å². The fourth-order valence-corrected chi connectivity index (χ4v) is 4.12. The quantitative estimate of drug-likeness (QED) is 0.588. The van der Waals surface area contributed by atoms with Gasteiger partial charge in [0, 0.05) is 22.1 Å². The van der Waals surface area contributed by atoms with Crippen LogP contribution in [0, 0.1) is 11.6 Å². The molecule has 1 aliphatic rings. The molecule has 1 saturated heterocycles. The highest BCUT2D eigenvalue weighted by Gasteiger charge is 2.26. The fourth-order valence-electron chi connectivity index (χ4n) is 2.86. The molecule has 4 nitrogen and oxygen atoms in total. The van der Waals surface area contributed by atoms with E-state index in [-0.39, 0.29) is 17.7 Å². The summed E-state index contributed by atoms with van der Waals surface area (Å²) in [4.78, 5) is 2.00. The molecule has 8 heteroatoms. The number of nitrogens with zero attached hydrogens (tertiary/aromatic N) is 3. The molecule has 134 valence electrons. The van der Waals surface area contributed by atoms with Gasteiger partial charge in [0.05, 0.1) is 13.2 Å². The first kappa shape index (κ1) is 17.5. The Balaban J connectivity index is 1.58. The number of halogens is 3. The number of aromatic nitrogens is 2. The molecule has 0 aliphatic carbocycles. The van der Waals surface area contributed by atoms with Crippen molar-refractivity contribution >= 4 is 32.4 Å². The van der Waals surface area contributed by atoms with Gasteiger partial charge in [0.15, 0.2) is 5.01 Å². The van der Waals surface area contributed by atoms with Crippen LogP contribution in [0.15, 0.2) is 46.9 Å². The summed E-state index contributed by atoms with van der Waals surface area (Å²) >= 11 is 4.66. The molecule has 3 aromatic rings. The molecule has 0 N–H and O–H groups in total. The van der Waals surface area contributed by atoms with Crippen LogP contribution in [0.3, 0.4) is 0 Å². The third kappa shape index (κ3) is 3.49. The first-order chi connectivity index (χ1) is 12.6. The minimum absolute atomic E-state index is 0.284. The number of anilines is 1. The molecule has 26 heavy (non-hydrogen) atoms. The Morgan fingerprint density at radius 1 is 1.12 bits per heavy atom. The summed E-state index contributed by atoms with van der Waals surface area (Å²) < 4.78 is 34.6. The lowest BCUT2D eigenvalue weighted by Crippen LogP contribution is -2.38. The summed E-state index contributed by atoms with van der Waals surface area (Å²) in [7, 11) is 0. The van der Waals surface area contributed by atoms with Crippen LogP contribution in [0.2, 0.25) is 0 Å². The standard InChI is InChI=1S/C18H14BrF2N3OS/c19-11-5-6-15(21)13(9-11)17-22-23-18(26-17)24-7-8-25-16(10-24)12-3-1-2-4-14(12)20/h1-6,9,16H,7-8,10H2. The van der Waals surface area contributed by atoms with Crippen LogP contribution < -0.4 is 4.90 Å². The van der Waals surface area contributed by atoms with Gasteiger partial charge in [0.2, 0.25) is 5.13 Å². The third-order valence-electron chi connectivity index (χ3n) is 4.16. The van der Waals surface area contributed by atoms with E-state index in [9.17, 15) is 8.78 Å². The van der Waals surface area contributed by atoms with Gasteiger partial charge in [-0.2, -0.15) is 0 Å². The van der Waals surface area contributed by atoms with Crippen molar-refractivity contribution in [2.45, 2.75) is 6.10 Å². The number of hydrogen-bond acceptors (Lipinski definition) is 5. The fraction of sp³-hybridized carbons (Fsp3) is 0.222. The average molecular weight is 438 g/mol. The minimum atomic E-state index is -0.375. The zero-order chi connectivity index (χ0) is 18.1. The van der Waals surface area contributed by atoms with Crippen molar-refractivity contribution in [1.82, 2.24) is 10.2 Å². The van der Waals surface area contributed by atoms with Gasteiger partial charge in [-0.15, -0.1) is 10.2 Å². The summed E-state index contributed by atoms with van der Waals surface area (Å²) in [6.07, 6.45) is -0.375. The van der Waals surface area contributed by atoms with Crippen LogP contribution in [-0.4, -0.2) is 29.9 Å². The van der Waals surface area contributed by atoms with E-state index in [4.69, 9.17) is 4.74 Å². The monoisotopic (exact) mass is 437 g/mol. The second-order valence-corrected chi connectivity index (χ2v) is 7.71. The summed E-state index contributed by atoms with van der Waals surface area (Å²) in [6, 6.07) is 11.3. The Hall–Kier alpha value is -1.90. The average Bonchev–Trinajstić information content (AvgIpc) is 3.14. The molecule has 1 fully saturated rings. The van der Waals surface area contributed by atoms with Crippen LogP contribution in [0.5, 0.6) is 0 Å². The van der Waals surface area contributed by atoms with Crippen molar-refractivity contribution in [2.75, 3.05) is 24.6 Å². The van der Waals surface area contributed by atoms with Crippen LogP contribution >= 0.6 is 27.3 Å². The van der Waals surface area contributed by atoms with E-state index in [1.807, 2.05) is 4.90 Å². The Morgan fingerprint density at radius 3 is 2.81 bits per heavy atom. The number of ether oxygens (including phenoxy) is 1. The molecule has 0 spiro atoms. The van der Waals surface area contributed by atoms with E-state index >= 15 is 0 Å². The predicted octanol–water partition coefficient (Wildman–Crippen LogP) is 4.82. The number of benzene rings is 2. The van der Waals surface area contributed by atoms with Gasteiger partial charge < -0.3 is 9.64 Å². The van der Waals surface area contributed by atoms with Crippen molar-refractivity contribution in [3.8, 4) is 10.6 Å². The molecule has 2 heterocycles. The van der Waals surface area contributed by atoms with Crippen LogP contribution in [-0.2, 0) is 4.74 Å². The molecule has 1 aliphatic heterocycles. The zero-order valence-corrected chi connectivity index (χ0v) is 15.9. The molecule has 0 bridgehead atoms. The molecular weight excluding hydrogens is 424 g/mol. The largest absolute Gasteiger partial charge is 0.370 e. The number of hydrogen-bond donors (Lipinski definition) is 0. The first-order valence-electron chi connectivity index (χ1n) is 8.02. The summed E-state index contributed by atoms with van der Waals surface area (Å²) in [5.41, 5.74) is 0.932. The summed E-state index contributed by atoms with van der Waals surface area (Å²) in [5.74, 6) is -0.629. The Labute approximate surface area is 161 Å². The van der Waals surface area contributed by atoms with Gasteiger partial charge in [-0.1, -0.05) is 45.5 Å². The summed E-state index contributed by atoms with van der Waals surface area (Å²) in [6.45, 7) is 1.55. The van der Waals surface area contributed by atoms with Crippen molar-refractivity contribution in [3.63, 3.8) is 0 Å². The van der Waals surface area contributed by atoms with Gasteiger partial charge in [0.25, 0.3) is 0 Å². The molecule has 0 saturated carbocycles. The predicted molar refractivity (Wildman–Crippen MR) is 100 cm³/mol. The lowest BCUT2D eigenvalue weighted by Gasteiger charge is -2.32. The lowest BCUT2D eigenvalue weighted by molar-refractivity contribution is 0.0375. The zero-order valence-electron chi connectivity index (χ0n) is 13.5. The van der Waals surface area contributed by atoms with E-state index in [1.54, 1.807) is 30.3 Å². The van der Waals surface area contributed by atoms with Gasteiger partial charge in [-0.25, -0.2) is 8.78 Å². The topological polar surface area (TPSA) is 38.2 Å². The third-order valence-corrected chi connectivity index (χ3v) is 5.67. The Kier molecular flexibility index (Phi) is 4.97. The molecular formula is C18H14BrF2N3OS. The number of morpholine rings is 1. The van der Waals surface area contributed by atoms with E-state index in [0.29, 0.717) is 41.0 Å². The van der Waals surface area contributed by atoms with Crippen molar-refractivity contribution < 1.29 is 13.5 Å². The molecule has 4 rings (SSSR count). The van der Waals surface area contributed by atoms with Gasteiger partial charge in [-0.3, -0.25) is 0 Å². The molecule has 0 radical (unpaired) electrons. The van der Waals surface area contributed by atoms with Gasteiger partial charge in [-0.05, 0) is 24.3 Å². The van der Waals surface area contributed by atoms with Crippen molar-refractivity contribution in [3.05, 3.63) is 64.1 Å². The maximum atomic E-state index is 14.1. The van der Waals surface area contributed by atoms with E-state index in [0.717, 1.165) is 4.47 Å². The molecule has 1 atom stereocenters. The molecule has 0 amide bonds. The Morgan fingerprint density at radius 2 is 1.96 bits per heavy atom. The molecule has 1 unspecified atom stereocenters. The Bertz CT molecular complexity index is 936. The highest BCUT2D eigenvalue weighted by Crippen LogP contribution is 2.34. The second-order valence-electron chi connectivity index (χ2n) is 5.84. The van der Waals surface area contributed by atoms with E-state index in [1.165, 1.54) is 23.5 Å². The summed E-state index contributed by atoms with van der Waals surface area (Å²) in [5, 5.41) is 9.51. The molecule has 2 aromatic carbocycles. The van der Waals surface area contributed by atoms with Crippen molar-refractivity contribution in [2.24, 2.45) is 0 Å². The maximum Gasteiger partial charge on any atom is 0.208 e. The molecule has 1 aromatic heterocycles. The first-order valence-corrected chi connectivity index (χ1v) is 9.62. The SMILES string of the molecule is Fc1ccc(Br)cc1-c1nnc(N2CCOC(c3ccccc3F)C2)s1. The smallest absolute Gasteiger partial charge is 0.208 e. The van der Waals surface area contributed by atoms with Crippen LogP contribution in [0.25, 0.3) is 10.6 Å². The van der Waals surface area contributed by atoms with Gasteiger partial charge in [0.1, 0.15) is 17.7 Å². The van der Waals surface area contributed by atoms with E-state index < -0.39 is 0 Å². The highest BCUT2D eigenvalue weighted by atomic mass is 79.9. The highest BCUT2D eigenvalue weighted by molar-refractivity contribution is 9.10. The maximum absolute atomic E-state index is 14.1. The van der Waals surface area contributed by atoms with E-state index in [2.05, 4.69) is 26.1 Å². The van der Waals surface area contributed by atoms with Gasteiger partial charge >= 0.3 is 0 Å². The minimum Gasteiger partial charge on any atom is -0.370 e. The van der Waals surface area contributed by atoms with Crippen molar-refractivity contribution in [1.29, 1.82) is 0 Å². The lowest BCUT2D eigenvalue weighted by atomic mass is 10.1. The van der Waals surface area contributed by atoms with Crippen LogP contribution in [0.4, 0.5) is 13.9 Å². The number of rotatable bonds is 3. The normalized spacial score (nSPS) is 17.5. The second kappa shape index (κ2) is 7.38.